The smallest absolute Gasteiger partial charge is 0.270 e. The number of aryl methyl sites for hydroxylation is 2. The summed E-state index contributed by atoms with van der Waals surface area (Å²) in [7, 11) is 0. The van der Waals surface area contributed by atoms with Gasteiger partial charge in [-0.2, -0.15) is 0 Å². The Hall–Kier alpha value is -2.93. The van der Waals surface area contributed by atoms with Crippen molar-refractivity contribution < 1.29 is 14.5 Å². The third-order valence-corrected chi connectivity index (χ3v) is 4.45. The van der Waals surface area contributed by atoms with E-state index >= 15 is 0 Å². The van der Waals surface area contributed by atoms with Crippen LogP contribution in [0.1, 0.15) is 35.3 Å². The minimum Gasteiger partial charge on any atom is -0.340 e. The quantitative estimate of drug-likeness (QED) is 0.555. The van der Waals surface area contributed by atoms with E-state index in [0.717, 1.165) is 17.2 Å². The van der Waals surface area contributed by atoms with Gasteiger partial charge < -0.3 is 10.6 Å². The maximum Gasteiger partial charge on any atom is 0.270 e. The number of non-ortho nitro benzene ring substituents is 1. The molecule has 2 amide bonds. The summed E-state index contributed by atoms with van der Waals surface area (Å²) in [5.74, 6) is -1.12. The summed E-state index contributed by atoms with van der Waals surface area (Å²) in [5, 5.41) is 16.2. The van der Waals surface area contributed by atoms with E-state index in [4.69, 9.17) is 11.6 Å². The van der Waals surface area contributed by atoms with Crippen LogP contribution >= 0.6 is 11.6 Å². The van der Waals surface area contributed by atoms with Gasteiger partial charge in [0.2, 0.25) is 5.91 Å². The number of hydrogen-bond donors (Lipinski definition) is 2. The fraction of sp³-hybridized carbons (Fsp3) is 0.300. The Morgan fingerprint density at radius 2 is 1.68 bits per heavy atom. The molecule has 2 rings (SSSR count). The molecule has 0 fully saturated rings. The zero-order chi connectivity index (χ0) is 21.0. The van der Waals surface area contributed by atoms with Gasteiger partial charge in [-0.1, -0.05) is 31.5 Å². The van der Waals surface area contributed by atoms with Gasteiger partial charge in [0.1, 0.15) is 6.04 Å². The second-order valence-corrected chi connectivity index (χ2v) is 7.39. The number of nitrogens with one attached hydrogen (secondary N) is 2. The molecule has 148 valence electrons. The first kappa shape index (κ1) is 21.4. The molecule has 0 aliphatic heterocycles. The van der Waals surface area contributed by atoms with Gasteiger partial charge in [-0.05, 0) is 49.1 Å². The van der Waals surface area contributed by atoms with Crippen LogP contribution in [0.4, 0.5) is 11.4 Å². The lowest BCUT2D eigenvalue weighted by atomic mass is 10.0. The lowest BCUT2D eigenvalue weighted by Crippen LogP contribution is -2.47. The Labute approximate surface area is 168 Å². The highest BCUT2D eigenvalue weighted by Gasteiger charge is 2.26. The standard InChI is InChI=1S/C20H22ClN3O4/c1-11(2)18(20(26)22-14-8-12(3)7-13(4)9-14)23-19(25)16-6-5-15(24(27)28)10-17(16)21/h5-11,18H,1-4H3,(H,22,26)(H,23,25)/t18-/m0/s1. The Kier molecular flexibility index (Phi) is 6.75. The zero-order valence-electron chi connectivity index (χ0n) is 16.1. The van der Waals surface area contributed by atoms with Crippen molar-refractivity contribution in [3.05, 3.63) is 68.2 Å². The molecule has 0 bridgehead atoms. The molecule has 28 heavy (non-hydrogen) atoms. The molecule has 2 N–H and O–H groups in total. The number of rotatable bonds is 6. The Bertz CT molecular complexity index is 907. The maximum atomic E-state index is 12.7. The lowest BCUT2D eigenvalue weighted by molar-refractivity contribution is -0.384. The average molecular weight is 404 g/mol. The van der Waals surface area contributed by atoms with E-state index in [9.17, 15) is 19.7 Å². The first-order valence-corrected chi connectivity index (χ1v) is 9.10. The number of halogens is 1. The molecule has 0 heterocycles. The van der Waals surface area contributed by atoms with Crippen LogP contribution < -0.4 is 10.6 Å². The fourth-order valence-corrected chi connectivity index (χ4v) is 3.08. The van der Waals surface area contributed by atoms with Gasteiger partial charge in [0.05, 0.1) is 15.5 Å². The highest BCUT2D eigenvalue weighted by molar-refractivity contribution is 6.34. The SMILES string of the molecule is Cc1cc(C)cc(NC(=O)[C@@H](NC(=O)c2ccc([N+](=O)[O-])cc2Cl)C(C)C)c1. The number of carbonyl (C=O) groups is 2. The molecule has 7 nitrogen and oxygen atoms in total. The van der Waals surface area contributed by atoms with Crippen LogP contribution in [0.15, 0.2) is 36.4 Å². The van der Waals surface area contributed by atoms with Crippen molar-refractivity contribution >= 4 is 34.8 Å². The van der Waals surface area contributed by atoms with E-state index in [1.807, 2.05) is 45.9 Å². The highest BCUT2D eigenvalue weighted by Crippen LogP contribution is 2.23. The van der Waals surface area contributed by atoms with Crippen LogP contribution in [0.3, 0.4) is 0 Å². The predicted molar refractivity (Wildman–Crippen MR) is 109 cm³/mol. The van der Waals surface area contributed by atoms with Gasteiger partial charge in [0, 0.05) is 17.8 Å². The number of benzene rings is 2. The van der Waals surface area contributed by atoms with Gasteiger partial charge >= 0.3 is 0 Å². The predicted octanol–water partition coefficient (Wildman–Crippen LogP) is 4.26. The number of anilines is 1. The summed E-state index contributed by atoms with van der Waals surface area (Å²) in [4.78, 5) is 35.5. The second-order valence-electron chi connectivity index (χ2n) is 6.98. The monoisotopic (exact) mass is 403 g/mol. The third-order valence-electron chi connectivity index (χ3n) is 4.13. The van der Waals surface area contributed by atoms with Crippen LogP contribution in [0.2, 0.25) is 5.02 Å². The van der Waals surface area contributed by atoms with Crippen LogP contribution in [-0.4, -0.2) is 22.8 Å². The maximum absolute atomic E-state index is 12.7. The van der Waals surface area contributed by atoms with Gasteiger partial charge in [-0.25, -0.2) is 0 Å². The zero-order valence-corrected chi connectivity index (χ0v) is 16.8. The van der Waals surface area contributed by atoms with Crippen molar-refractivity contribution in [2.45, 2.75) is 33.7 Å². The van der Waals surface area contributed by atoms with E-state index in [0.29, 0.717) is 5.69 Å². The van der Waals surface area contributed by atoms with Crippen molar-refractivity contribution in [3.63, 3.8) is 0 Å². The fourth-order valence-electron chi connectivity index (χ4n) is 2.82. The van der Waals surface area contributed by atoms with Gasteiger partial charge in [0.25, 0.3) is 11.6 Å². The molecule has 0 radical (unpaired) electrons. The molecule has 2 aromatic carbocycles. The number of carbonyl (C=O) groups excluding carboxylic acids is 2. The molecule has 0 aliphatic rings. The number of nitrogens with zero attached hydrogens (tertiary/aromatic N) is 1. The Morgan fingerprint density at radius 1 is 1.07 bits per heavy atom. The number of hydrogen-bond acceptors (Lipinski definition) is 4. The molecule has 8 heteroatoms. The van der Waals surface area contributed by atoms with Crippen molar-refractivity contribution in [1.29, 1.82) is 0 Å². The third kappa shape index (κ3) is 5.29. The summed E-state index contributed by atoms with van der Waals surface area (Å²) in [6.45, 7) is 7.48. The summed E-state index contributed by atoms with van der Waals surface area (Å²) >= 11 is 6.01. The largest absolute Gasteiger partial charge is 0.340 e. The minimum absolute atomic E-state index is 0.0519. The van der Waals surface area contributed by atoms with Crippen molar-refractivity contribution in [3.8, 4) is 0 Å². The van der Waals surface area contributed by atoms with Crippen LogP contribution in [0.5, 0.6) is 0 Å². The molecular weight excluding hydrogens is 382 g/mol. The van der Waals surface area contributed by atoms with E-state index in [2.05, 4.69) is 10.6 Å². The normalized spacial score (nSPS) is 11.8. The molecule has 0 saturated carbocycles. The molecule has 0 aliphatic carbocycles. The van der Waals surface area contributed by atoms with E-state index < -0.39 is 16.9 Å². The molecule has 0 spiro atoms. The van der Waals surface area contributed by atoms with Gasteiger partial charge in [0.15, 0.2) is 0 Å². The molecule has 0 unspecified atom stereocenters. The number of amides is 2. The molecule has 0 aromatic heterocycles. The Balaban J connectivity index is 2.18. The second kappa shape index (κ2) is 8.84. The topological polar surface area (TPSA) is 101 Å². The molecular formula is C20H22ClN3O4. The highest BCUT2D eigenvalue weighted by atomic mass is 35.5. The first-order valence-electron chi connectivity index (χ1n) is 8.72. The van der Waals surface area contributed by atoms with Gasteiger partial charge in [-0.15, -0.1) is 0 Å². The molecule has 1 atom stereocenters. The summed E-state index contributed by atoms with van der Waals surface area (Å²) < 4.78 is 0. The van der Waals surface area contributed by atoms with Crippen molar-refractivity contribution in [2.24, 2.45) is 5.92 Å². The van der Waals surface area contributed by atoms with E-state index in [-0.39, 0.29) is 28.1 Å². The molecule has 0 saturated heterocycles. The Morgan fingerprint density at radius 3 is 2.18 bits per heavy atom. The average Bonchev–Trinajstić information content (AvgIpc) is 2.57. The molecule has 2 aromatic rings. The van der Waals surface area contributed by atoms with E-state index in [1.165, 1.54) is 12.1 Å². The number of nitro benzene ring substituents is 1. The van der Waals surface area contributed by atoms with Crippen molar-refractivity contribution in [2.75, 3.05) is 5.32 Å². The number of nitro groups is 1. The van der Waals surface area contributed by atoms with E-state index in [1.54, 1.807) is 0 Å². The van der Waals surface area contributed by atoms with Crippen LogP contribution in [0.25, 0.3) is 0 Å². The first-order chi connectivity index (χ1) is 13.1. The minimum atomic E-state index is -0.806. The summed E-state index contributed by atoms with van der Waals surface area (Å²) in [5.41, 5.74) is 2.53. The summed E-state index contributed by atoms with van der Waals surface area (Å²) in [6, 6.07) is 8.45. The summed E-state index contributed by atoms with van der Waals surface area (Å²) in [6.07, 6.45) is 0. The van der Waals surface area contributed by atoms with Crippen LogP contribution in [0, 0.1) is 29.9 Å². The lowest BCUT2D eigenvalue weighted by Gasteiger charge is -2.22. The van der Waals surface area contributed by atoms with Crippen LogP contribution in [-0.2, 0) is 4.79 Å². The van der Waals surface area contributed by atoms with Gasteiger partial charge in [-0.3, -0.25) is 19.7 Å². The van der Waals surface area contributed by atoms with Crippen molar-refractivity contribution in [1.82, 2.24) is 5.32 Å².